The van der Waals surface area contributed by atoms with Crippen molar-refractivity contribution in [2.24, 2.45) is 7.05 Å². The molecule has 1 aromatic carbocycles. The monoisotopic (exact) mass is 320 g/mol. The molecule has 2 rings (SSSR count). The summed E-state index contributed by atoms with van der Waals surface area (Å²) in [7, 11) is 1.83. The number of benzene rings is 1. The van der Waals surface area contributed by atoms with E-state index in [1.807, 2.05) is 18.5 Å². The molecule has 0 saturated heterocycles. The van der Waals surface area contributed by atoms with Crippen molar-refractivity contribution in [1.82, 2.24) is 4.57 Å². The zero-order chi connectivity index (χ0) is 16.1. The fraction of sp³-hybridized carbons (Fsp3) is 0.250. The van der Waals surface area contributed by atoms with Crippen molar-refractivity contribution in [3.05, 3.63) is 57.5 Å². The molecule has 1 heterocycles. The maximum absolute atomic E-state index is 11.9. The molecule has 6 heteroatoms. The molecular weight excluding hydrogens is 304 g/mol. The summed E-state index contributed by atoms with van der Waals surface area (Å²) >= 11 is 5.97. The van der Waals surface area contributed by atoms with E-state index in [1.54, 1.807) is 30.5 Å². The van der Waals surface area contributed by atoms with Gasteiger partial charge in [-0.05, 0) is 18.6 Å². The first-order valence-electron chi connectivity index (χ1n) is 6.88. The van der Waals surface area contributed by atoms with Crippen molar-refractivity contribution >= 4 is 23.2 Å². The van der Waals surface area contributed by atoms with Gasteiger partial charge in [0, 0.05) is 19.3 Å². The quantitative estimate of drug-likeness (QED) is 0.921. The highest BCUT2D eigenvalue weighted by atomic mass is 35.5. The van der Waals surface area contributed by atoms with Crippen LogP contribution in [0.5, 0.6) is 5.75 Å². The van der Waals surface area contributed by atoms with Gasteiger partial charge in [0.2, 0.25) is 5.43 Å². The Morgan fingerprint density at radius 3 is 2.73 bits per heavy atom. The van der Waals surface area contributed by atoms with Gasteiger partial charge in [0.25, 0.3) is 5.91 Å². The van der Waals surface area contributed by atoms with Crippen molar-refractivity contribution < 1.29 is 9.53 Å². The first kappa shape index (κ1) is 16.1. The lowest BCUT2D eigenvalue weighted by Crippen LogP contribution is -2.24. The summed E-state index contributed by atoms with van der Waals surface area (Å²) in [6.45, 7) is 1.67. The predicted octanol–water partition coefficient (Wildman–Crippen LogP) is 2.62. The van der Waals surface area contributed by atoms with Gasteiger partial charge in [-0.25, -0.2) is 0 Å². The molecular formula is C16H17ClN2O3. The molecule has 2 aromatic rings. The molecule has 0 unspecified atom stereocenters. The smallest absolute Gasteiger partial charge is 0.262 e. The lowest BCUT2D eigenvalue weighted by Gasteiger charge is -2.13. The Bertz CT molecular complexity index is 740. The number of rotatable bonds is 5. The summed E-state index contributed by atoms with van der Waals surface area (Å²) in [6.07, 6.45) is 2.31. The molecule has 0 bridgehead atoms. The Hall–Kier alpha value is -2.27. The van der Waals surface area contributed by atoms with Crippen LogP contribution in [0, 0.1) is 0 Å². The maximum atomic E-state index is 11.9. The number of amides is 1. The number of para-hydroxylation sites is 1. The fourth-order valence-corrected chi connectivity index (χ4v) is 2.28. The van der Waals surface area contributed by atoms with Crippen LogP contribution in [0.15, 0.2) is 41.3 Å². The number of ether oxygens (including phenoxy) is 1. The van der Waals surface area contributed by atoms with Crippen LogP contribution in [0.25, 0.3) is 0 Å². The van der Waals surface area contributed by atoms with Gasteiger partial charge in [0.15, 0.2) is 12.4 Å². The average molecular weight is 321 g/mol. The number of aryl methyl sites for hydroxylation is 1. The summed E-state index contributed by atoms with van der Waals surface area (Å²) in [5.74, 6) is -0.164. The molecule has 0 saturated carbocycles. The Labute approximate surface area is 133 Å². The number of halogens is 1. The molecule has 0 fully saturated rings. The molecule has 1 aromatic heterocycles. The number of carbonyl (C=O) groups excluding carboxylic acids is 1. The standard InChI is InChI=1S/C16H17ClN2O3/c1-3-13-16(14(20)8-9-19(13)2)22-10-15(21)18-12-7-5-4-6-11(12)17/h4-9H,3,10H2,1-2H3,(H,18,21). The molecule has 0 spiro atoms. The Balaban J connectivity index is 2.08. The van der Waals surface area contributed by atoms with Crippen LogP contribution in [-0.2, 0) is 18.3 Å². The van der Waals surface area contributed by atoms with Crippen LogP contribution < -0.4 is 15.5 Å². The van der Waals surface area contributed by atoms with Crippen LogP contribution in [0.2, 0.25) is 5.02 Å². The van der Waals surface area contributed by atoms with Crippen molar-refractivity contribution in [3.63, 3.8) is 0 Å². The molecule has 1 amide bonds. The van der Waals surface area contributed by atoms with Crippen LogP contribution in [-0.4, -0.2) is 17.1 Å². The third-order valence-corrected chi connectivity index (χ3v) is 3.52. The van der Waals surface area contributed by atoms with Crippen LogP contribution in [0.1, 0.15) is 12.6 Å². The van der Waals surface area contributed by atoms with E-state index in [2.05, 4.69) is 5.32 Å². The Kier molecular flexibility index (Phi) is 5.22. The first-order chi connectivity index (χ1) is 10.5. The lowest BCUT2D eigenvalue weighted by atomic mass is 10.2. The molecule has 22 heavy (non-hydrogen) atoms. The molecule has 0 aliphatic rings. The minimum atomic E-state index is -0.374. The van der Waals surface area contributed by atoms with E-state index in [0.717, 1.165) is 5.69 Å². The molecule has 5 nitrogen and oxygen atoms in total. The molecule has 0 atom stereocenters. The number of aromatic nitrogens is 1. The van der Waals surface area contributed by atoms with Gasteiger partial charge in [0.1, 0.15) is 0 Å². The third-order valence-electron chi connectivity index (χ3n) is 3.19. The minimum Gasteiger partial charge on any atom is -0.478 e. The van der Waals surface area contributed by atoms with E-state index in [1.165, 1.54) is 6.07 Å². The highest BCUT2D eigenvalue weighted by molar-refractivity contribution is 6.33. The second-order valence-electron chi connectivity index (χ2n) is 4.74. The van der Waals surface area contributed by atoms with E-state index in [-0.39, 0.29) is 23.7 Å². The summed E-state index contributed by atoms with van der Waals surface area (Å²) in [6, 6.07) is 8.33. The zero-order valence-corrected chi connectivity index (χ0v) is 13.2. The number of pyridine rings is 1. The van der Waals surface area contributed by atoms with Crippen molar-refractivity contribution in [1.29, 1.82) is 0 Å². The van der Waals surface area contributed by atoms with Crippen molar-refractivity contribution in [3.8, 4) is 5.75 Å². The zero-order valence-electron chi connectivity index (χ0n) is 12.4. The lowest BCUT2D eigenvalue weighted by molar-refractivity contribution is -0.118. The molecule has 0 radical (unpaired) electrons. The van der Waals surface area contributed by atoms with Gasteiger partial charge in [0.05, 0.1) is 16.4 Å². The number of nitrogens with one attached hydrogen (secondary N) is 1. The van der Waals surface area contributed by atoms with Crippen LogP contribution in [0.3, 0.4) is 0 Å². The topological polar surface area (TPSA) is 60.3 Å². The summed E-state index contributed by atoms with van der Waals surface area (Å²) in [4.78, 5) is 23.8. The van der Waals surface area contributed by atoms with Crippen LogP contribution in [0.4, 0.5) is 5.69 Å². The number of anilines is 1. The SMILES string of the molecule is CCc1c(OCC(=O)Nc2ccccc2Cl)c(=O)ccn1C. The average Bonchev–Trinajstić information content (AvgIpc) is 2.50. The molecule has 0 aliphatic carbocycles. The fourth-order valence-electron chi connectivity index (χ4n) is 2.10. The van der Waals surface area contributed by atoms with E-state index >= 15 is 0 Å². The second-order valence-corrected chi connectivity index (χ2v) is 5.14. The van der Waals surface area contributed by atoms with Gasteiger partial charge in [-0.15, -0.1) is 0 Å². The third kappa shape index (κ3) is 3.68. The minimum absolute atomic E-state index is 0.210. The number of hydrogen-bond donors (Lipinski definition) is 1. The van der Waals surface area contributed by atoms with E-state index < -0.39 is 0 Å². The van der Waals surface area contributed by atoms with Crippen molar-refractivity contribution in [2.75, 3.05) is 11.9 Å². The highest BCUT2D eigenvalue weighted by Gasteiger charge is 2.12. The largest absolute Gasteiger partial charge is 0.478 e. The Morgan fingerprint density at radius 1 is 1.32 bits per heavy atom. The number of hydrogen-bond acceptors (Lipinski definition) is 3. The van der Waals surface area contributed by atoms with E-state index in [9.17, 15) is 9.59 Å². The van der Waals surface area contributed by atoms with Crippen LogP contribution >= 0.6 is 11.6 Å². The summed E-state index contributed by atoms with van der Waals surface area (Å²) in [5.41, 5.74) is 1.02. The van der Waals surface area contributed by atoms with Gasteiger partial charge in [-0.1, -0.05) is 30.7 Å². The van der Waals surface area contributed by atoms with Gasteiger partial charge in [-0.2, -0.15) is 0 Å². The van der Waals surface area contributed by atoms with Gasteiger partial charge >= 0.3 is 0 Å². The maximum Gasteiger partial charge on any atom is 0.262 e. The molecule has 1 N–H and O–H groups in total. The predicted molar refractivity (Wildman–Crippen MR) is 86.6 cm³/mol. The van der Waals surface area contributed by atoms with Crippen molar-refractivity contribution in [2.45, 2.75) is 13.3 Å². The first-order valence-corrected chi connectivity index (χ1v) is 7.26. The second kappa shape index (κ2) is 7.13. The molecule has 0 aliphatic heterocycles. The van der Waals surface area contributed by atoms with Gasteiger partial charge in [-0.3, -0.25) is 9.59 Å². The molecule has 116 valence electrons. The normalized spacial score (nSPS) is 10.3. The summed E-state index contributed by atoms with van der Waals surface area (Å²) < 4.78 is 7.23. The highest BCUT2D eigenvalue weighted by Crippen LogP contribution is 2.20. The summed E-state index contributed by atoms with van der Waals surface area (Å²) in [5, 5.41) is 3.09. The van der Waals surface area contributed by atoms with Gasteiger partial charge < -0.3 is 14.6 Å². The Morgan fingerprint density at radius 2 is 2.05 bits per heavy atom. The number of nitrogens with zero attached hydrogens (tertiary/aromatic N) is 1. The van der Waals surface area contributed by atoms with E-state index in [0.29, 0.717) is 17.1 Å². The number of carbonyl (C=O) groups is 1. The van der Waals surface area contributed by atoms with E-state index in [4.69, 9.17) is 16.3 Å².